The fourth-order valence-electron chi connectivity index (χ4n) is 5.98. The van der Waals surface area contributed by atoms with Crippen molar-refractivity contribution in [3.8, 4) is 56.8 Å². The molecule has 0 fully saturated rings. The van der Waals surface area contributed by atoms with Crippen LogP contribution in [0.4, 0.5) is 0 Å². The van der Waals surface area contributed by atoms with Gasteiger partial charge in [-0.3, -0.25) is 0 Å². The zero-order valence-electron chi connectivity index (χ0n) is 31.7. The van der Waals surface area contributed by atoms with E-state index in [-0.39, 0.29) is 0 Å². The average Bonchev–Trinajstić information content (AvgIpc) is 3.82. The average molecular weight is 839 g/mol. The Bertz CT molecular complexity index is 1810. The molecule has 0 aliphatic rings. The maximum atomic E-state index is 5.47. The van der Waals surface area contributed by atoms with Crippen LogP contribution in [0.5, 0.6) is 34.5 Å². The fraction of sp³-hybridized carbons (Fsp3) is 0.286. The van der Waals surface area contributed by atoms with Crippen LogP contribution in [0.3, 0.4) is 0 Å². The van der Waals surface area contributed by atoms with Gasteiger partial charge in [0.2, 0.25) is 11.5 Å². The first-order valence-corrected chi connectivity index (χ1v) is 25.1. The van der Waals surface area contributed by atoms with Gasteiger partial charge >= 0.3 is 37.9 Å². The third-order valence-corrected chi connectivity index (χ3v) is 8.39. The van der Waals surface area contributed by atoms with Gasteiger partial charge < -0.3 is 28.4 Å². The minimum atomic E-state index is -0.826. The predicted octanol–water partition coefficient (Wildman–Crippen LogP) is 11.8. The van der Waals surface area contributed by atoms with Crippen molar-refractivity contribution in [3.63, 3.8) is 0 Å². The standard InChI is InChI=1S/2C20H21O3.C2H6Si.2ClH.Zr/c2*1-5-13-9-14-7-6-8-16(17(14)10-13)15-11-18(21-2)20(23-4)19(12-15)22-3;1-3-2;;;/h2*6-12H,5H2,1-4H3;1-2H3;2*1H;/q2*-1;;;;+4/p-2. The summed E-state index contributed by atoms with van der Waals surface area (Å²) in [5.41, 5.74) is 7.14. The summed E-state index contributed by atoms with van der Waals surface area (Å²) in [6, 6.07) is 29.7. The zero-order chi connectivity index (χ0) is 38.2. The fourth-order valence-corrected chi connectivity index (χ4v) is 5.98. The van der Waals surface area contributed by atoms with Crippen LogP contribution in [0.1, 0.15) is 25.0 Å². The summed E-state index contributed by atoms with van der Waals surface area (Å²) in [5.74, 6) is 3.90. The van der Waals surface area contributed by atoms with E-state index in [0.717, 1.165) is 33.5 Å². The van der Waals surface area contributed by atoms with Crippen molar-refractivity contribution in [2.75, 3.05) is 42.7 Å². The van der Waals surface area contributed by atoms with Crippen molar-refractivity contribution in [1.29, 1.82) is 0 Å². The van der Waals surface area contributed by atoms with E-state index in [4.69, 9.17) is 45.4 Å². The molecule has 0 unspecified atom stereocenters. The van der Waals surface area contributed by atoms with Crippen LogP contribution in [0, 0.1) is 0 Å². The van der Waals surface area contributed by atoms with Gasteiger partial charge in [0.1, 0.15) is 0 Å². The summed E-state index contributed by atoms with van der Waals surface area (Å²) in [6.07, 6.45) is 2.06. The molecule has 10 heteroatoms. The molecular weight excluding hydrogens is 791 g/mol. The van der Waals surface area contributed by atoms with Crippen molar-refractivity contribution in [2.45, 2.75) is 39.8 Å². The summed E-state index contributed by atoms with van der Waals surface area (Å²) in [7, 11) is 20.7. The minimum absolute atomic E-state index is 0.614. The Balaban J connectivity index is 0.000000244. The van der Waals surface area contributed by atoms with Gasteiger partial charge in [-0.2, -0.15) is 12.1 Å². The zero-order valence-corrected chi connectivity index (χ0v) is 36.7. The van der Waals surface area contributed by atoms with Gasteiger partial charge in [-0.25, -0.2) is 0 Å². The Morgan fingerprint density at radius 2 is 0.846 bits per heavy atom. The van der Waals surface area contributed by atoms with Crippen molar-refractivity contribution < 1.29 is 49.3 Å². The molecule has 6 aromatic rings. The van der Waals surface area contributed by atoms with Gasteiger partial charge in [0.25, 0.3) is 0 Å². The molecule has 6 rings (SSSR count). The number of hydrogen-bond acceptors (Lipinski definition) is 6. The number of methoxy groups -OCH3 is 6. The second kappa shape index (κ2) is 21.9. The van der Waals surface area contributed by atoms with Crippen LogP contribution in [-0.2, 0) is 33.7 Å². The van der Waals surface area contributed by atoms with Crippen LogP contribution >= 0.6 is 17.0 Å². The Morgan fingerprint density at radius 1 is 0.538 bits per heavy atom. The van der Waals surface area contributed by atoms with E-state index >= 15 is 0 Å². The Hall–Kier alpha value is -3.42. The number of benzene rings is 4. The van der Waals surface area contributed by atoms with Crippen molar-refractivity contribution >= 4 is 48.1 Å². The normalized spacial score (nSPS) is 10.1. The van der Waals surface area contributed by atoms with Gasteiger partial charge in [-0.05, 0) is 48.2 Å². The molecule has 0 atom stereocenters. The first-order chi connectivity index (χ1) is 25.2. The first kappa shape index (κ1) is 43.0. The summed E-state index contributed by atoms with van der Waals surface area (Å²) in [5, 5.41) is 5.01. The van der Waals surface area contributed by atoms with E-state index in [1.54, 1.807) is 42.7 Å². The van der Waals surface area contributed by atoms with Gasteiger partial charge in [-0.1, -0.05) is 50.2 Å². The number of aryl methyl sites for hydroxylation is 2. The number of rotatable bonds is 10. The predicted molar refractivity (Wildman–Crippen MR) is 217 cm³/mol. The van der Waals surface area contributed by atoms with Crippen LogP contribution < -0.4 is 28.4 Å². The molecule has 0 amide bonds. The van der Waals surface area contributed by atoms with Crippen LogP contribution in [-0.4, -0.2) is 52.2 Å². The molecule has 52 heavy (non-hydrogen) atoms. The molecular formula is C42H48Cl2O6SiZr. The summed E-state index contributed by atoms with van der Waals surface area (Å²) < 4.78 is 32.7. The second-order valence-electron chi connectivity index (χ2n) is 11.5. The molecule has 2 radical (unpaired) electrons. The molecule has 0 heterocycles. The van der Waals surface area contributed by atoms with Gasteiger partial charge in [-0.15, -0.1) is 69.1 Å². The molecule has 0 aliphatic carbocycles. The SMILES string of the molecule is CCc1cc2c(-c3cc(OC)c(OC)c(OC)c3)cccc2[cH-]1.CCc1cc2c(-c3cc(OC)c(OC)c(OC)c3)cccc2[cH-]1.C[Si]C.[Cl][Zr+2][Cl]. The van der Waals surface area contributed by atoms with Gasteiger partial charge in [0.15, 0.2) is 23.0 Å². The van der Waals surface area contributed by atoms with E-state index < -0.39 is 20.8 Å². The molecule has 0 aliphatic heterocycles. The molecule has 0 N–H and O–H groups in total. The molecule has 6 aromatic carbocycles. The Kier molecular flexibility index (Phi) is 18.1. The van der Waals surface area contributed by atoms with Gasteiger partial charge in [0.05, 0.1) is 42.7 Å². The summed E-state index contributed by atoms with van der Waals surface area (Å²) in [6.45, 7) is 8.65. The Labute approximate surface area is 330 Å². The van der Waals surface area contributed by atoms with Crippen molar-refractivity contribution in [2.24, 2.45) is 0 Å². The van der Waals surface area contributed by atoms with E-state index in [1.807, 2.05) is 24.3 Å². The second-order valence-corrected chi connectivity index (χ2v) is 16.2. The maximum absolute atomic E-state index is 5.47. The third-order valence-electron chi connectivity index (χ3n) is 8.39. The number of hydrogen-bond donors (Lipinski definition) is 0. The van der Waals surface area contributed by atoms with Crippen LogP contribution in [0.25, 0.3) is 43.8 Å². The molecule has 0 bridgehead atoms. The quantitative estimate of drug-likeness (QED) is 0.101. The van der Waals surface area contributed by atoms with Crippen molar-refractivity contribution in [1.82, 2.24) is 0 Å². The van der Waals surface area contributed by atoms with Gasteiger partial charge in [0, 0.05) is 9.52 Å². The molecule has 6 nitrogen and oxygen atoms in total. The molecule has 0 aromatic heterocycles. The number of halogens is 2. The molecule has 274 valence electrons. The number of ether oxygens (including phenoxy) is 6. The number of fused-ring (bicyclic) bond motifs is 2. The molecule has 0 saturated heterocycles. The van der Waals surface area contributed by atoms with Crippen LogP contribution in [0.15, 0.2) is 84.9 Å². The van der Waals surface area contributed by atoms with E-state index in [9.17, 15) is 0 Å². The molecule has 0 saturated carbocycles. The third kappa shape index (κ3) is 10.4. The van der Waals surface area contributed by atoms with Crippen molar-refractivity contribution in [3.05, 3.63) is 96.1 Å². The summed E-state index contributed by atoms with van der Waals surface area (Å²) in [4.78, 5) is 0. The van der Waals surface area contributed by atoms with Crippen LogP contribution in [0.2, 0.25) is 13.1 Å². The van der Waals surface area contributed by atoms with E-state index in [1.165, 1.54) is 43.8 Å². The monoisotopic (exact) mass is 836 g/mol. The first-order valence-electron chi connectivity index (χ1n) is 16.8. The topological polar surface area (TPSA) is 55.4 Å². The Morgan fingerprint density at radius 3 is 1.10 bits per heavy atom. The van der Waals surface area contributed by atoms with E-state index in [0.29, 0.717) is 34.5 Å². The summed E-state index contributed by atoms with van der Waals surface area (Å²) >= 11 is -0.826. The molecule has 0 spiro atoms. The van der Waals surface area contributed by atoms with E-state index in [2.05, 4.69) is 87.6 Å².